The first-order valence-electron chi connectivity index (χ1n) is 7.07. The number of likely N-dealkylation sites (tertiary alicyclic amines) is 1. The van der Waals surface area contributed by atoms with Crippen molar-refractivity contribution in [2.75, 3.05) is 32.9 Å². The highest BCUT2D eigenvalue weighted by atomic mass is 16.6. The lowest BCUT2D eigenvalue weighted by atomic mass is 9.98. The molecule has 5 heteroatoms. The van der Waals surface area contributed by atoms with Gasteiger partial charge in [-0.1, -0.05) is 0 Å². The minimum atomic E-state index is 0.000114. The molecule has 0 aromatic heterocycles. The van der Waals surface area contributed by atoms with Crippen LogP contribution in [0, 0.1) is 5.92 Å². The van der Waals surface area contributed by atoms with E-state index in [2.05, 4.69) is 0 Å². The van der Waals surface area contributed by atoms with E-state index in [1.165, 1.54) is 0 Å². The van der Waals surface area contributed by atoms with Gasteiger partial charge < -0.3 is 19.5 Å². The quantitative estimate of drug-likeness (QED) is 0.885. The second kappa shape index (κ2) is 5.71. The van der Waals surface area contributed by atoms with Gasteiger partial charge in [0.2, 0.25) is 0 Å². The summed E-state index contributed by atoms with van der Waals surface area (Å²) < 4.78 is 11.0. The van der Waals surface area contributed by atoms with Crippen LogP contribution in [-0.2, 0) is 0 Å². The fourth-order valence-electron chi connectivity index (χ4n) is 2.76. The van der Waals surface area contributed by atoms with E-state index in [4.69, 9.17) is 9.47 Å². The molecule has 2 heterocycles. The highest BCUT2D eigenvalue weighted by molar-refractivity contribution is 5.95. The lowest BCUT2D eigenvalue weighted by Crippen LogP contribution is -2.40. The first kappa shape index (κ1) is 13.2. The Morgan fingerprint density at radius 1 is 1.30 bits per heavy atom. The number of benzene rings is 1. The summed E-state index contributed by atoms with van der Waals surface area (Å²) in [6, 6.07) is 5.31. The number of hydrogen-bond donors (Lipinski definition) is 1. The first-order chi connectivity index (χ1) is 9.78. The molecule has 2 aliphatic heterocycles. The molecule has 1 aromatic rings. The lowest BCUT2D eigenvalue weighted by molar-refractivity contribution is 0.0619. The smallest absolute Gasteiger partial charge is 0.254 e. The number of piperidine rings is 1. The molecule has 1 fully saturated rings. The zero-order chi connectivity index (χ0) is 13.9. The molecule has 0 spiro atoms. The van der Waals surface area contributed by atoms with Gasteiger partial charge in [0.15, 0.2) is 11.5 Å². The zero-order valence-electron chi connectivity index (χ0n) is 11.4. The van der Waals surface area contributed by atoms with Crippen molar-refractivity contribution < 1.29 is 19.4 Å². The van der Waals surface area contributed by atoms with E-state index >= 15 is 0 Å². The van der Waals surface area contributed by atoms with Crippen LogP contribution in [0.1, 0.15) is 23.2 Å². The van der Waals surface area contributed by atoms with Crippen LogP contribution in [-0.4, -0.2) is 48.8 Å². The number of ether oxygens (including phenoxy) is 2. The number of aliphatic hydroxyl groups is 1. The molecule has 0 radical (unpaired) electrons. The number of fused-ring (bicyclic) bond motifs is 1. The highest BCUT2D eigenvalue weighted by Gasteiger charge is 2.25. The summed E-state index contributed by atoms with van der Waals surface area (Å²) >= 11 is 0. The molecule has 0 bridgehead atoms. The summed E-state index contributed by atoms with van der Waals surface area (Å²) in [4.78, 5) is 14.3. The second-order valence-electron chi connectivity index (χ2n) is 5.30. The average molecular weight is 277 g/mol. The Bertz CT molecular complexity index is 503. The predicted octanol–water partition coefficient (Wildman–Crippen LogP) is 1.30. The van der Waals surface area contributed by atoms with E-state index < -0.39 is 0 Å². The highest BCUT2D eigenvalue weighted by Crippen LogP contribution is 2.31. The summed E-state index contributed by atoms with van der Waals surface area (Å²) in [5.41, 5.74) is 0.618. The van der Waals surface area contributed by atoms with Crippen molar-refractivity contribution in [2.45, 2.75) is 12.8 Å². The number of rotatable bonds is 2. The van der Waals surface area contributed by atoms with E-state index in [0.717, 1.165) is 19.4 Å². The third-order valence-corrected chi connectivity index (χ3v) is 3.85. The molecule has 3 rings (SSSR count). The van der Waals surface area contributed by atoms with Gasteiger partial charge >= 0.3 is 0 Å². The fraction of sp³-hybridized carbons (Fsp3) is 0.533. The van der Waals surface area contributed by atoms with Gasteiger partial charge in [0, 0.05) is 25.3 Å². The summed E-state index contributed by atoms with van der Waals surface area (Å²) in [6.45, 7) is 2.59. The van der Waals surface area contributed by atoms with Gasteiger partial charge in [-0.15, -0.1) is 0 Å². The molecule has 0 aliphatic carbocycles. The molecule has 0 unspecified atom stereocenters. The van der Waals surface area contributed by atoms with Gasteiger partial charge in [0.1, 0.15) is 13.2 Å². The maximum atomic E-state index is 12.5. The Morgan fingerprint density at radius 2 is 2.10 bits per heavy atom. The fourth-order valence-corrected chi connectivity index (χ4v) is 2.76. The van der Waals surface area contributed by atoms with Gasteiger partial charge in [0.25, 0.3) is 5.91 Å². The van der Waals surface area contributed by atoms with Crippen molar-refractivity contribution >= 4 is 5.91 Å². The van der Waals surface area contributed by atoms with Gasteiger partial charge in [-0.05, 0) is 37.0 Å². The van der Waals surface area contributed by atoms with E-state index in [1.807, 2.05) is 4.90 Å². The average Bonchev–Trinajstić information content (AvgIpc) is 2.53. The topological polar surface area (TPSA) is 59.0 Å². The Hall–Kier alpha value is -1.75. The molecular formula is C15H19NO4. The van der Waals surface area contributed by atoms with Crippen LogP contribution >= 0.6 is 0 Å². The second-order valence-corrected chi connectivity index (χ2v) is 5.30. The molecule has 2 aliphatic rings. The van der Waals surface area contributed by atoms with E-state index in [0.29, 0.717) is 36.8 Å². The van der Waals surface area contributed by atoms with E-state index in [-0.39, 0.29) is 18.4 Å². The van der Waals surface area contributed by atoms with Gasteiger partial charge in [-0.25, -0.2) is 0 Å². The SMILES string of the molecule is O=C(c1ccc2c(c1)OCCO2)N1CCC[C@H](CO)C1. The normalized spacial score (nSPS) is 21.6. The van der Waals surface area contributed by atoms with Crippen molar-refractivity contribution in [1.82, 2.24) is 4.90 Å². The maximum absolute atomic E-state index is 12.5. The standard InChI is InChI=1S/C15H19NO4/c17-10-11-2-1-5-16(9-11)15(18)12-3-4-13-14(8-12)20-7-6-19-13/h3-4,8,11,17H,1-2,5-7,9-10H2/t11-/m0/s1. The molecule has 1 atom stereocenters. The molecule has 5 nitrogen and oxygen atoms in total. The van der Waals surface area contributed by atoms with Crippen LogP contribution in [0.25, 0.3) is 0 Å². The third kappa shape index (κ3) is 2.58. The van der Waals surface area contributed by atoms with Gasteiger partial charge in [-0.3, -0.25) is 4.79 Å². The van der Waals surface area contributed by atoms with Crippen molar-refractivity contribution in [3.8, 4) is 11.5 Å². The van der Waals surface area contributed by atoms with Crippen molar-refractivity contribution in [3.05, 3.63) is 23.8 Å². The number of aliphatic hydroxyl groups excluding tert-OH is 1. The largest absolute Gasteiger partial charge is 0.486 e. The van der Waals surface area contributed by atoms with Crippen LogP contribution in [0.3, 0.4) is 0 Å². The Morgan fingerprint density at radius 3 is 2.90 bits per heavy atom. The molecule has 1 N–H and O–H groups in total. The molecule has 1 aromatic carbocycles. The summed E-state index contributed by atoms with van der Waals surface area (Å²) in [7, 11) is 0. The van der Waals surface area contributed by atoms with Gasteiger partial charge in [0.05, 0.1) is 0 Å². The summed E-state index contributed by atoms with van der Waals surface area (Å²) in [5.74, 6) is 1.53. The van der Waals surface area contributed by atoms with Crippen molar-refractivity contribution in [1.29, 1.82) is 0 Å². The van der Waals surface area contributed by atoms with Crippen LogP contribution in [0.15, 0.2) is 18.2 Å². The molecule has 20 heavy (non-hydrogen) atoms. The minimum Gasteiger partial charge on any atom is -0.486 e. The lowest BCUT2D eigenvalue weighted by Gasteiger charge is -2.32. The Kier molecular flexibility index (Phi) is 3.78. The van der Waals surface area contributed by atoms with Crippen molar-refractivity contribution in [3.63, 3.8) is 0 Å². The Labute approximate surface area is 118 Å². The third-order valence-electron chi connectivity index (χ3n) is 3.85. The van der Waals surface area contributed by atoms with E-state index in [9.17, 15) is 9.90 Å². The van der Waals surface area contributed by atoms with Crippen LogP contribution in [0.5, 0.6) is 11.5 Å². The summed E-state index contributed by atoms with van der Waals surface area (Å²) in [6.07, 6.45) is 1.93. The van der Waals surface area contributed by atoms with Gasteiger partial charge in [-0.2, -0.15) is 0 Å². The number of amides is 1. The molecule has 1 saturated heterocycles. The number of carbonyl (C=O) groups excluding carboxylic acids is 1. The minimum absolute atomic E-state index is 0.000114. The number of nitrogens with zero attached hydrogens (tertiary/aromatic N) is 1. The zero-order valence-corrected chi connectivity index (χ0v) is 11.4. The molecule has 1 amide bonds. The Balaban J connectivity index is 1.76. The molecular weight excluding hydrogens is 258 g/mol. The monoisotopic (exact) mass is 277 g/mol. The first-order valence-corrected chi connectivity index (χ1v) is 7.07. The number of carbonyl (C=O) groups is 1. The predicted molar refractivity (Wildman–Crippen MR) is 73.1 cm³/mol. The van der Waals surface area contributed by atoms with E-state index in [1.54, 1.807) is 18.2 Å². The summed E-state index contributed by atoms with van der Waals surface area (Å²) in [5, 5.41) is 9.24. The van der Waals surface area contributed by atoms with Crippen LogP contribution in [0.2, 0.25) is 0 Å². The van der Waals surface area contributed by atoms with Crippen LogP contribution in [0.4, 0.5) is 0 Å². The molecule has 108 valence electrons. The van der Waals surface area contributed by atoms with Crippen LogP contribution < -0.4 is 9.47 Å². The number of hydrogen-bond acceptors (Lipinski definition) is 4. The maximum Gasteiger partial charge on any atom is 0.254 e. The molecule has 0 saturated carbocycles. The van der Waals surface area contributed by atoms with Crippen molar-refractivity contribution in [2.24, 2.45) is 5.92 Å².